The Bertz CT molecular complexity index is 5250. The van der Waals surface area contributed by atoms with E-state index in [-0.39, 0.29) is 163 Å². The number of amides is 4. The Kier molecular flexibility index (Phi) is 49.2. The highest BCUT2D eigenvalue weighted by atomic mass is 35.5. The second-order valence-electron chi connectivity index (χ2n) is 28.9. The van der Waals surface area contributed by atoms with Crippen LogP contribution in [0.15, 0.2) is 231 Å². The molecule has 0 aliphatic rings. The third-order valence-electron chi connectivity index (χ3n) is 19.3. The first-order valence-corrected chi connectivity index (χ1v) is 43.7. The molecule has 0 aliphatic carbocycles. The molecule has 130 heavy (non-hydrogen) atoms. The van der Waals surface area contributed by atoms with Gasteiger partial charge < -0.3 is 89.0 Å². The molecule has 0 heterocycles. The lowest BCUT2D eigenvalue weighted by atomic mass is 9.96. The number of esters is 5. The lowest BCUT2D eigenvalue weighted by Gasteiger charge is -2.14. The maximum atomic E-state index is 12.5. The topological polar surface area (TPSA) is 445 Å². The Morgan fingerprint density at radius 3 is 1.25 bits per heavy atom. The van der Waals surface area contributed by atoms with Crippen molar-refractivity contribution < 1.29 is 81.2 Å². The average Bonchev–Trinajstić information content (AvgIpc) is 0.815. The number of ether oxygens (including phenoxy) is 6. The number of nitrogens with two attached hydrogens (primary N) is 5. The van der Waals surface area contributed by atoms with Crippen LogP contribution in [-0.2, 0) is 90.9 Å². The fourth-order valence-electron chi connectivity index (χ4n) is 12.1. The largest absolute Gasteiger partial charge is 0.497 e. The minimum absolute atomic E-state index is 0.0565. The Labute approximate surface area is 777 Å². The zero-order valence-electron chi connectivity index (χ0n) is 72.9. The Balaban J connectivity index is 0.000000251. The minimum Gasteiger partial charge on any atom is -0.497 e. The molecule has 0 radical (unpaired) electrons. The number of anilines is 4. The molecule has 10 aromatic carbocycles. The number of rotatable bonds is 44. The van der Waals surface area contributed by atoms with Crippen molar-refractivity contribution in [2.75, 3.05) is 110 Å². The van der Waals surface area contributed by atoms with E-state index in [1.807, 2.05) is 146 Å². The molecule has 16 N–H and O–H groups in total. The van der Waals surface area contributed by atoms with Crippen LogP contribution in [0.2, 0.25) is 20.1 Å². The van der Waals surface area contributed by atoms with Gasteiger partial charge in [0.05, 0.1) is 135 Å². The molecule has 0 saturated heterocycles. The number of carbonyl (C=O) groups excluding carboxylic acids is 11. The summed E-state index contributed by atoms with van der Waals surface area (Å²) >= 11 is 24.8. The number of para-hydroxylation sites is 4. The minimum atomic E-state index is -0.524. The normalized spacial score (nSPS) is 10.9. The van der Waals surface area contributed by atoms with Crippen molar-refractivity contribution in [2.24, 2.45) is 28.7 Å². The van der Waals surface area contributed by atoms with Gasteiger partial charge in [-0.1, -0.05) is 242 Å². The Hall–Kier alpha value is -12.6. The lowest BCUT2D eigenvalue weighted by molar-refractivity contribution is -0.146. The predicted octanol–water partition coefficient (Wildman–Crippen LogP) is 13.7. The smallest absolute Gasteiger partial charge is 0.313 e. The molecule has 0 aromatic heterocycles. The van der Waals surface area contributed by atoms with E-state index in [2.05, 4.69) is 31.9 Å². The highest BCUT2D eigenvalue weighted by Crippen LogP contribution is 2.36. The monoisotopic (exact) mass is 1860 g/mol. The molecule has 0 bridgehead atoms. The van der Waals surface area contributed by atoms with Gasteiger partial charge in [-0.25, -0.2) is 0 Å². The van der Waals surface area contributed by atoms with E-state index in [0.29, 0.717) is 74.1 Å². The first kappa shape index (κ1) is 106. The zero-order chi connectivity index (χ0) is 94.4. The van der Waals surface area contributed by atoms with Crippen LogP contribution in [0.3, 0.4) is 0 Å². The molecule has 4 amide bonds. The SMILES string of the molecule is COc1ccc2cc([C@H](C)C(=O)OCCNC(=O)CN)ccc2c1.C[C@@H](C(=O)OCCNC(=O)CN)c1cccc(C(=O)c2ccccc2)c1.NCC(=O)CCCCCCCOC(=O)Cc1ccccc1Nc1c(Cl)cccc1Cl.NCC(=O)NCCCOC(=O)Cc1ccccc1Nc1c(Cl)cccc1Cl.NCC(=O)NCCOC(=O)Cc1ccc(-c2ccccc2)cc1. The summed E-state index contributed by atoms with van der Waals surface area (Å²) in [6.45, 7) is 5.43. The number of Topliss-reactive ketones (excluding diaryl/α,β-unsaturated/α-hetero) is 1. The predicted molar refractivity (Wildman–Crippen MR) is 508 cm³/mol. The summed E-state index contributed by atoms with van der Waals surface area (Å²) < 4.78 is 31.2. The number of hydrogen-bond donors (Lipinski definition) is 11. The van der Waals surface area contributed by atoms with Crippen molar-refractivity contribution in [1.82, 2.24) is 21.3 Å². The maximum Gasteiger partial charge on any atom is 0.313 e. The van der Waals surface area contributed by atoms with Crippen LogP contribution in [-0.4, -0.2) is 164 Å². The van der Waals surface area contributed by atoms with Gasteiger partial charge in [-0.2, -0.15) is 0 Å². The number of benzene rings is 10. The van der Waals surface area contributed by atoms with E-state index in [4.69, 9.17) is 103 Å². The summed E-state index contributed by atoms with van der Waals surface area (Å²) in [7, 11) is 1.63. The van der Waals surface area contributed by atoms with Crippen molar-refractivity contribution in [3.8, 4) is 16.9 Å². The highest BCUT2D eigenvalue weighted by Gasteiger charge is 2.22. The number of methoxy groups -OCH3 is 1. The van der Waals surface area contributed by atoms with E-state index in [9.17, 15) is 52.7 Å². The Morgan fingerprint density at radius 2 is 0.746 bits per heavy atom. The molecule has 28 nitrogen and oxygen atoms in total. The number of hydrogen-bond acceptors (Lipinski definition) is 24. The van der Waals surface area contributed by atoms with Crippen LogP contribution in [0.1, 0.15) is 114 Å². The van der Waals surface area contributed by atoms with Gasteiger partial charge >= 0.3 is 29.8 Å². The fraction of sp³-hybridized carbons (Fsp3) is 0.296. The summed E-state index contributed by atoms with van der Waals surface area (Å²) in [5.41, 5.74) is 36.0. The first-order valence-electron chi connectivity index (χ1n) is 42.2. The van der Waals surface area contributed by atoms with Gasteiger partial charge in [0.15, 0.2) is 5.78 Å². The van der Waals surface area contributed by atoms with Gasteiger partial charge in [-0.05, 0) is 137 Å². The number of nitrogens with one attached hydrogen (secondary N) is 6. The highest BCUT2D eigenvalue weighted by molar-refractivity contribution is 6.40. The maximum absolute atomic E-state index is 12.5. The summed E-state index contributed by atoms with van der Waals surface area (Å²) in [6.07, 6.45) is 6.19. The van der Waals surface area contributed by atoms with Crippen molar-refractivity contribution in [2.45, 2.75) is 89.9 Å². The Morgan fingerprint density at radius 1 is 0.346 bits per heavy atom. The third-order valence-corrected chi connectivity index (χ3v) is 20.5. The summed E-state index contributed by atoms with van der Waals surface area (Å²) in [5, 5.41) is 20.7. The number of carbonyl (C=O) groups is 11. The molecule has 0 saturated carbocycles. The fourth-order valence-corrected chi connectivity index (χ4v) is 13.1. The van der Waals surface area contributed by atoms with Crippen molar-refractivity contribution >= 4 is 145 Å². The summed E-state index contributed by atoms with van der Waals surface area (Å²) in [4.78, 5) is 128. The van der Waals surface area contributed by atoms with Crippen LogP contribution in [0.4, 0.5) is 22.7 Å². The van der Waals surface area contributed by atoms with Gasteiger partial charge in [0.2, 0.25) is 23.6 Å². The third kappa shape index (κ3) is 39.5. The van der Waals surface area contributed by atoms with Crippen LogP contribution in [0, 0.1) is 0 Å². The average molecular weight is 1860 g/mol. The van der Waals surface area contributed by atoms with Crippen molar-refractivity contribution in [1.29, 1.82) is 0 Å². The van der Waals surface area contributed by atoms with Gasteiger partial charge in [-0.15, -0.1) is 0 Å². The molecule has 690 valence electrons. The number of halogens is 4. The van der Waals surface area contributed by atoms with Crippen molar-refractivity contribution in [3.05, 3.63) is 290 Å². The van der Waals surface area contributed by atoms with Crippen molar-refractivity contribution in [3.63, 3.8) is 0 Å². The zero-order valence-corrected chi connectivity index (χ0v) is 75.9. The molecule has 2 atom stereocenters. The standard InChI is InChI=1S/C23H28Cl2N2O3.C20H22N2O4.C19H21Cl2N3O3.C18H22N2O4.C18H20N2O3/c24-19-11-8-12-20(25)23(19)27-21-13-6-5-9-17(21)15-22(29)30-14-7-3-1-2-4-10-18(28)16-26;1-14(20(25)26-11-10-22-18(23)13-21)16-8-5-9-17(12-16)19(24)15-6-3-2-4-7-15;20-14-6-3-7-15(21)19(14)24-16-8-2-1-5-13(16)11-18(26)27-10-4-9-23-17(25)12-22;1-12(18(22)24-8-7-20-17(21)11-19)13-3-4-15-10-16(23-2)6-5-14(15)9-13;19-13-17(21)20-10-11-23-18(22)12-14-6-8-16(9-7-14)15-4-2-1-3-5-15/h5-6,8-9,11-13,27H,1-4,7,10,14-16,26H2;2-9,12,14H,10-11,13,21H2,1H3,(H,22,23);1-3,5-8,24H,4,9-12,22H2,(H,23,25);3-6,9-10,12H,7-8,11,19H2,1-2H3,(H,20,21);1-9H,10-13,19H2,(H,20,21)/t;14-;;12-;/m.1.0./s1. The van der Waals surface area contributed by atoms with Crippen LogP contribution in [0.25, 0.3) is 21.9 Å². The molecule has 0 fully saturated rings. The van der Waals surface area contributed by atoms with Gasteiger partial charge in [0, 0.05) is 35.5 Å². The summed E-state index contributed by atoms with van der Waals surface area (Å²) in [6, 6.07) is 70.7. The van der Waals surface area contributed by atoms with E-state index >= 15 is 0 Å². The molecule has 32 heteroatoms. The lowest BCUT2D eigenvalue weighted by Crippen LogP contribution is -2.33. The second-order valence-corrected chi connectivity index (χ2v) is 30.5. The molecule has 10 rings (SSSR count). The summed E-state index contributed by atoms with van der Waals surface area (Å²) in [5.74, 6) is -2.90. The number of unbranched alkanes of at least 4 members (excludes halogenated alkanes) is 4. The second kappa shape index (κ2) is 60.2. The van der Waals surface area contributed by atoms with Gasteiger partial charge in [0.25, 0.3) is 0 Å². The number of fused-ring (bicyclic) bond motifs is 1. The van der Waals surface area contributed by atoms with Crippen LogP contribution < -0.4 is 65.3 Å². The molecular weight excluding hydrogens is 1740 g/mol. The van der Waals surface area contributed by atoms with E-state index < -0.39 is 11.9 Å². The van der Waals surface area contributed by atoms with Crippen LogP contribution >= 0.6 is 46.4 Å². The number of ketones is 2. The van der Waals surface area contributed by atoms with Crippen LogP contribution in [0.5, 0.6) is 5.75 Å². The van der Waals surface area contributed by atoms with E-state index in [0.717, 1.165) is 93.4 Å². The first-order chi connectivity index (χ1) is 62.8. The molecule has 0 unspecified atom stereocenters. The quantitative estimate of drug-likeness (QED) is 0.00731. The van der Waals surface area contributed by atoms with E-state index in [1.54, 1.807) is 106 Å². The molecule has 0 aliphatic heterocycles. The molecule has 10 aromatic rings. The molecule has 0 spiro atoms. The van der Waals surface area contributed by atoms with Gasteiger partial charge in [0.1, 0.15) is 31.4 Å². The van der Waals surface area contributed by atoms with E-state index in [1.165, 1.54) is 0 Å². The van der Waals surface area contributed by atoms with Gasteiger partial charge in [-0.3, -0.25) is 52.7 Å². The molecular formula is C98H113Cl4N11O17.